The van der Waals surface area contributed by atoms with Gasteiger partial charge in [-0.05, 0) is 43.5 Å². The van der Waals surface area contributed by atoms with E-state index in [1.54, 1.807) is 6.07 Å². The van der Waals surface area contributed by atoms with Gasteiger partial charge >= 0.3 is 0 Å². The fourth-order valence-electron chi connectivity index (χ4n) is 2.89. The number of aryl methyl sites for hydroxylation is 3. The highest BCUT2D eigenvalue weighted by Crippen LogP contribution is 2.38. The molecule has 0 radical (unpaired) electrons. The van der Waals surface area contributed by atoms with Gasteiger partial charge in [0.1, 0.15) is 5.82 Å². The summed E-state index contributed by atoms with van der Waals surface area (Å²) in [6.07, 6.45) is 0.729. The maximum atomic E-state index is 13.9. The van der Waals surface area contributed by atoms with Gasteiger partial charge in [0.2, 0.25) is 0 Å². The van der Waals surface area contributed by atoms with Gasteiger partial charge in [-0.2, -0.15) is 0 Å². The lowest BCUT2D eigenvalue weighted by atomic mass is 9.96. The first-order valence-electron chi connectivity index (χ1n) is 6.68. The van der Waals surface area contributed by atoms with Gasteiger partial charge in [-0.15, -0.1) is 0 Å². The van der Waals surface area contributed by atoms with E-state index in [0.29, 0.717) is 0 Å². The van der Waals surface area contributed by atoms with Crippen molar-refractivity contribution in [3.63, 3.8) is 0 Å². The highest BCUT2D eigenvalue weighted by atomic mass is 19.1. The molecule has 1 nitrogen and oxygen atoms in total. The van der Waals surface area contributed by atoms with Crippen molar-refractivity contribution in [3.8, 4) is 0 Å². The molecule has 1 aliphatic heterocycles. The van der Waals surface area contributed by atoms with Crippen LogP contribution in [0.25, 0.3) is 0 Å². The van der Waals surface area contributed by atoms with Gasteiger partial charge in [0.15, 0.2) is 0 Å². The molecule has 1 atom stereocenters. The SMILES string of the molecule is Cc1ccc(C)c(C2Cc3c(F)ccc(C)c3N2)c1. The summed E-state index contributed by atoms with van der Waals surface area (Å²) in [6, 6.07) is 10.1. The van der Waals surface area contributed by atoms with E-state index in [1.807, 2.05) is 13.0 Å². The molecular weight excluding hydrogens is 237 g/mol. The van der Waals surface area contributed by atoms with Crippen LogP contribution in [0.2, 0.25) is 0 Å². The van der Waals surface area contributed by atoms with Gasteiger partial charge in [0.25, 0.3) is 0 Å². The second-order valence-corrected chi connectivity index (χ2v) is 5.48. The first-order chi connectivity index (χ1) is 9.06. The Morgan fingerprint density at radius 3 is 2.53 bits per heavy atom. The van der Waals surface area contributed by atoms with E-state index in [9.17, 15) is 4.39 Å². The molecule has 0 bridgehead atoms. The molecule has 98 valence electrons. The number of anilines is 1. The standard InChI is InChI=1S/C17H18FN/c1-10-4-5-11(2)13(8-10)16-9-14-15(18)7-6-12(3)17(14)19-16/h4-8,16,19H,9H2,1-3H3. The van der Waals surface area contributed by atoms with Gasteiger partial charge in [-0.25, -0.2) is 4.39 Å². The molecule has 1 unspecified atom stereocenters. The molecule has 1 heterocycles. The highest BCUT2D eigenvalue weighted by molar-refractivity contribution is 5.63. The summed E-state index contributed by atoms with van der Waals surface area (Å²) >= 11 is 0. The Morgan fingerprint density at radius 2 is 1.79 bits per heavy atom. The largest absolute Gasteiger partial charge is 0.377 e. The molecule has 0 aromatic heterocycles. The van der Waals surface area contributed by atoms with Crippen LogP contribution in [0.1, 0.15) is 33.9 Å². The van der Waals surface area contributed by atoms with E-state index in [0.717, 1.165) is 23.2 Å². The Kier molecular flexibility index (Phi) is 2.81. The van der Waals surface area contributed by atoms with E-state index >= 15 is 0 Å². The number of rotatable bonds is 1. The molecule has 2 aromatic carbocycles. The molecule has 0 fully saturated rings. The predicted octanol–water partition coefficient (Wildman–Crippen LogP) is 4.46. The molecule has 1 aliphatic rings. The summed E-state index contributed by atoms with van der Waals surface area (Å²) in [5, 5.41) is 3.49. The zero-order chi connectivity index (χ0) is 13.6. The van der Waals surface area contributed by atoms with Gasteiger partial charge in [-0.1, -0.05) is 29.8 Å². The van der Waals surface area contributed by atoms with Crippen LogP contribution in [0.15, 0.2) is 30.3 Å². The van der Waals surface area contributed by atoms with Crippen molar-refractivity contribution in [1.82, 2.24) is 0 Å². The summed E-state index contributed by atoms with van der Waals surface area (Å²) in [7, 11) is 0. The molecule has 3 rings (SSSR count). The van der Waals surface area contributed by atoms with E-state index in [2.05, 4.69) is 37.4 Å². The number of halogens is 1. The average Bonchev–Trinajstić information content (AvgIpc) is 2.83. The molecule has 1 N–H and O–H groups in total. The third-order valence-electron chi connectivity index (χ3n) is 4.00. The van der Waals surface area contributed by atoms with Gasteiger partial charge in [0, 0.05) is 17.7 Å². The van der Waals surface area contributed by atoms with Crippen LogP contribution in [0.4, 0.5) is 10.1 Å². The summed E-state index contributed by atoms with van der Waals surface area (Å²) in [6.45, 7) is 6.23. The predicted molar refractivity (Wildman–Crippen MR) is 77.1 cm³/mol. The van der Waals surface area contributed by atoms with Crippen LogP contribution < -0.4 is 5.32 Å². The van der Waals surface area contributed by atoms with E-state index < -0.39 is 0 Å². The number of hydrogen-bond acceptors (Lipinski definition) is 1. The average molecular weight is 255 g/mol. The zero-order valence-corrected chi connectivity index (χ0v) is 11.5. The molecule has 19 heavy (non-hydrogen) atoms. The third kappa shape index (κ3) is 2.01. The fraction of sp³-hybridized carbons (Fsp3) is 0.294. The summed E-state index contributed by atoms with van der Waals surface area (Å²) in [5.74, 6) is -0.0964. The smallest absolute Gasteiger partial charge is 0.128 e. The first-order valence-corrected chi connectivity index (χ1v) is 6.68. The van der Waals surface area contributed by atoms with Crippen LogP contribution >= 0.6 is 0 Å². The molecule has 0 spiro atoms. The van der Waals surface area contributed by atoms with Crippen LogP contribution in [0.3, 0.4) is 0 Å². The number of fused-ring (bicyclic) bond motifs is 1. The molecular formula is C17H18FN. The number of nitrogens with one attached hydrogen (secondary N) is 1. The summed E-state index contributed by atoms with van der Waals surface area (Å²) in [4.78, 5) is 0. The molecule has 0 aliphatic carbocycles. The Bertz CT molecular complexity index is 615. The molecule has 0 amide bonds. The van der Waals surface area contributed by atoms with Crippen LogP contribution in [-0.2, 0) is 6.42 Å². The molecule has 2 aromatic rings. The zero-order valence-electron chi connectivity index (χ0n) is 11.5. The molecule has 0 saturated carbocycles. The van der Waals surface area contributed by atoms with E-state index in [-0.39, 0.29) is 11.9 Å². The second-order valence-electron chi connectivity index (χ2n) is 5.48. The second kappa shape index (κ2) is 4.37. The maximum Gasteiger partial charge on any atom is 0.128 e. The van der Waals surface area contributed by atoms with Crippen molar-refractivity contribution in [2.45, 2.75) is 33.2 Å². The van der Waals surface area contributed by atoms with Crippen molar-refractivity contribution >= 4 is 5.69 Å². The molecule has 2 heteroatoms. The lowest BCUT2D eigenvalue weighted by molar-refractivity contribution is 0.609. The van der Waals surface area contributed by atoms with Gasteiger partial charge < -0.3 is 5.32 Å². The van der Waals surface area contributed by atoms with Crippen molar-refractivity contribution in [1.29, 1.82) is 0 Å². The van der Waals surface area contributed by atoms with Crippen LogP contribution in [-0.4, -0.2) is 0 Å². The number of benzene rings is 2. The Hall–Kier alpha value is -1.83. The van der Waals surface area contributed by atoms with Crippen molar-refractivity contribution in [2.75, 3.05) is 5.32 Å². The topological polar surface area (TPSA) is 12.0 Å². The lowest BCUT2D eigenvalue weighted by Crippen LogP contribution is -2.08. The minimum absolute atomic E-state index is 0.0964. The van der Waals surface area contributed by atoms with Crippen LogP contribution in [0.5, 0.6) is 0 Å². The van der Waals surface area contributed by atoms with E-state index in [1.165, 1.54) is 16.7 Å². The summed E-state index contributed by atoms with van der Waals surface area (Å²) < 4.78 is 13.9. The van der Waals surface area contributed by atoms with Crippen molar-refractivity contribution < 1.29 is 4.39 Å². The number of hydrogen-bond donors (Lipinski definition) is 1. The fourth-order valence-corrected chi connectivity index (χ4v) is 2.89. The van der Waals surface area contributed by atoms with Gasteiger partial charge in [0.05, 0.1) is 6.04 Å². The quantitative estimate of drug-likeness (QED) is 0.793. The maximum absolute atomic E-state index is 13.9. The van der Waals surface area contributed by atoms with Crippen LogP contribution in [0, 0.1) is 26.6 Å². The minimum Gasteiger partial charge on any atom is -0.377 e. The minimum atomic E-state index is -0.0964. The normalized spacial score (nSPS) is 17.2. The lowest BCUT2D eigenvalue weighted by Gasteiger charge is -2.16. The Labute approximate surface area is 113 Å². The monoisotopic (exact) mass is 255 g/mol. The highest BCUT2D eigenvalue weighted by Gasteiger charge is 2.26. The van der Waals surface area contributed by atoms with Crippen molar-refractivity contribution in [2.24, 2.45) is 0 Å². The third-order valence-corrected chi connectivity index (χ3v) is 4.00. The van der Waals surface area contributed by atoms with Gasteiger partial charge in [-0.3, -0.25) is 0 Å². The first kappa shape index (κ1) is 12.2. The Morgan fingerprint density at radius 1 is 1.05 bits per heavy atom. The van der Waals surface area contributed by atoms with E-state index in [4.69, 9.17) is 0 Å². The summed E-state index contributed by atoms with van der Waals surface area (Å²) in [5.41, 5.74) is 6.69. The molecule has 0 saturated heterocycles. The van der Waals surface area contributed by atoms with Crippen molar-refractivity contribution in [3.05, 3.63) is 64.0 Å². The Balaban J connectivity index is 2.02.